The maximum Gasteiger partial charge on any atom is 0.331 e. The first-order valence-corrected chi connectivity index (χ1v) is 6.42. The van der Waals surface area contributed by atoms with Gasteiger partial charge in [-0.25, -0.2) is 4.79 Å². The number of hydrogen-bond donors (Lipinski definition) is 0. The molecule has 1 atom stereocenters. The minimum absolute atomic E-state index is 0.0133. The summed E-state index contributed by atoms with van der Waals surface area (Å²) in [5, 5.41) is 0. The van der Waals surface area contributed by atoms with Crippen molar-refractivity contribution in [2.24, 2.45) is 5.92 Å². The van der Waals surface area contributed by atoms with Crippen LogP contribution >= 0.6 is 0 Å². The number of carbonyl (C=O) groups is 2. The highest BCUT2D eigenvalue weighted by atomic mass is 16.2. The molecule has 0 aromatic heterocycles. The summed E-state index contributed by atoms with van der Waals surface area (Å²) in [6, 6.07) is -0.218. The molecule has 94 valence electrons. The lowest BCUT2D eigenvalue weighted by molar-refractivity contribution is -0.136. The fourth-order valence-corrected chi connectivity index (χ4v) is 2.71. The van der Waals surface area contributed by atoms with Crippen molar-refractivity contribution >= 4 is 11.9 Å². The Morgan fingerprint density at radius 1 is 1.41 bits per heavy atom. The average Bonchev–Trinajstić information content (AvgIpc) is 2.29. The van der Waals surface area contributed by atoms with E-state index in [0.717, 1.165) is 25.0 Å². The van der Waals surface area contributed by atoms with Crippen LogP contribution in [0.15, 0.2) is 11.8 Å². The minimum Gasteiger partial charge on any atom is -0.298 e. The molecule has 3 amide bonds. The Labute approximate surface area is 102 Å². The Bertz CT molecular complexity index is 374. The molecule has 0 bridgehead atoms. The molecule has 0 radical (unpaired) electrons. The van der Waals surface area contributed by atoms with Gasteiger partial charge in [0.15, 0.2) is 0 Å². The van der Waals surface area contributed by atoms with Crippen molar-refractivity contribution in [1.29, 1.82) is 0 Å². The van der Waals surface area contributed by atoms with Crippen molar-refractivity contribution < 1.29 is 9.59 Å². The Morgan fingerprint density at radius 2 is 2.12 bits per heavy atom. The second-order valence-electron chi connectivity index (χ2n) is 4.94. The van der Waals surface area contributed by atoms with Gasteiger partial charge in [-0.2, -0.15) is 0 Å². The quantitative estimate of drug-likeness (QED) is 0.738. The van der Waals surface area contributed by atoms with Crippen molar-refractivity contribution in [1.82, 2.24) is 9.80 Å². The highest BCUT2D eigenvalue weighted by Gasteiger charge is 2.43. The fourth-order valence-electron chi connectivity index (χ4n) is 2.71. The van der Waals surface area contributed by atoms with E-state index in [1.165, 1.54) is 4.90 Å². The summed E-state index contributed by atoms with van der Waals surface area (Å²) in [6.07, 6.45) is 4.95. The second kappa shape index (κ2) is 4.51. The number of fused-ring (bicyclic) bond motifs is 1. The molecule has 2 aliphatic rings. The highest BCUT2D eigenvalue weighted by Crippen LogP contribution is 2.34. The van der Waals surface area contributed by atoms with Crippen molar-refractivity contribution in [2.45, 2.75) is 46.1 Å². The lowest BCUT2D eigenvalue weighted by Crippen LogP contribution is -2.57. The van der Waals surface area contributed by atoms with Gasteiger partial charge in [0.05, 0.1) is 5.92 Å². The molecule has 17 heavy (non-hydrogen) atoms. The van der Waals surface area contributed by atoms with Crippen LogP contribution in [0, 0.1) is 5.92 Å². The minimum atomic E-state index is -0.156. The van der Waals surface area contributed by atoms with Gasteiger partial charge in [-0.05, 0) is 40.0 Å². The zero-order valence-electron chi connectivity index (χ0n) is 10.8. The summed E-state index contributed by atoms with van der Waals surface area (Å²) in [5.41, 5.74) is 0.936. The van der Waals surface area contributed by atoms with Gasteiger partial charge < -0.3 is 0 Å². The van der Waals surface area contributed by atoms with Gasteiger partial charge in [-0.15, -0.1) is 0 Å². The zero-order valence-corrected chi connectivity index (χ0v) is 10.8. The summed E-state index contributed by atoms with van der Waals surface area (Å²) < 4.78 is 0. The van der Waals surface area contributed by atoms with Crippen molar-refractivity contribution in [3.05, 3.63) is 11.8 Å². The van der Waals surface area contributed by atoms with Gasteiger partial charge >= 0.3 is 6.03 Å². The van der Waals surface area contributed by atoms with E-state index in [1.54, 1.807) is 4.90 Å². The number of rotatable bonds is 2. The molecule has 0 spiro atoms. The molecule has 4 nitrogen and oxygen atoms in total. The highest BCUT2D eigenvalue weighted by molar-refractivity contribution is 6.01. The third-order valence-electron chi connectivity index (χ3n) is 3.52. The summed E-state index contributed by atoms with van der Waals surface area (Å²) in [5.74, 6) is -0.107. The van der Waals surface area contributed by atoms with Gasteiger partial charge in [-0.3, -0.25) is 14.6 Å². The van der Waals surface area contributed by atoms with Crippen LogP contribution in [0.2, 0.25) is 0 Å². The first kappa shape index (κ1) is 12.1. The predicted octanol–water partition coefficient (Wildman–Crippen LogP) is 2.36. The second-order valence-corrected chi connectivity index (χ2v) is 4.94. The van der Waals surface area contributed by atoms with Crippen LogP contribution in [0.3, 0.4) is 0 Å². The van der Waals surface area contributed by atoms with Crippen LogP contribution in [-0.4, -0.2) is 34.3 Å². The average molecular weight is 236 g/mol. The number of nitrogens with zero attached hydrogens (tertiary/aromatic N) is 2. The van der Waals surface area contributed by atoms with E-state index in [9.17, 15) is 9.59 Å². The van der Waals surface area contributed by atoms with Crippen LogP contribution in [0.25, 0.3) is 0 Å². The predicted molar refractivity (Wildman–Crippen MR) is 65.2 cm³/mol. The zero-order chi connectivity index (χ0) is 12.6. The molecule has 0 N–H and O–H groups in total. The van der Waals surface area contributed by atoms with Crippen LogP contribution in [0.4, 0.5) is 4.79 Å². The largest absolute Gasteiger partial charge is 0.331 e. The summed E-state index contributed by atoms with van der Waals surface area (Å²) in [4.78, 5) is 27.7. The van der Waals surface area contributed by atoms with E-state index in [0.29, 0.717) is 6.54 Å². The first-order valence-electron chi connectivity index (χ1n) is 6.42. The number of allylic oxidation sites excluding steroid dienone is 1. The standard InChI is InChI=1S/C13H20N2O2/c1-4-14-11-8-6-5-7-10(11)12(16)15(9(2)3)13(14)17/h8-10H,4-7H2,1-3H3. The maximum absolute atomic E-state index is 12.3. The SMILES string of the molecule is CCN1C(=O)N(C(C)C)C(=O)C2CCCC=C21. The van der Waals surface area contributed by atoms with Crippen LogP contribution < -0.4 is 0 Å². The molecule has 1 aliphatic heterocycles. The van der Waals surface area contributed by atoms with E-state index in [-0.39, 0.29) is 23.9 Å². The summed E-state index contributed by atoms with van der Waals surface area (Å²) in [7, 11) is 0. The number of carbonyl (C=O) groups excluding carboxylic acids is 2. The fraction of sp³-hybridized carbons (Fsp3) is 0.692. The summed E-state index contributed by atoms with van der Waals surface area (Å²) >= 11 is 0. The monoisotopic (exact) mass is 236 g/mol. The Morgan fingerprint density at radius 3 is 2.71 bits per heavy atom. The molecule has 0 aromatic rings. The third-order valence-corrected chi connectivity index (χ3v) is 3.52. The van der Waals surface area contributed by atoms with Gasteiger partial charge in [0.25, 0.3) is 0 Å². The van der Waals surface area contributed by atoms with Gasteiger partial charge in [-0.1, -0.05) is 6.08 Å². The summed E-state index contributed by atoms with van der Waals surface area (Å²) in [6.45, 7) is 6.37. The van der Waals surface area contributed by atoms with Gasteiger partial charge in [0, 0.05) is 18.3 Å². The normalized spacial score (nSPS) is 25.2. The molecule has 4 heteroatoms. The number of imide groups is 1. The number of hydrogen-bond acceptors (Lipinski definition) is 2. The van der Waals surface area contributed by atoms with Crippen LogP contribution in [0.1, 0.15) is 40.0 Å². The molecule has 1 aliphatic carbocycles. The number of urea groups is 1. The van der Waals surface area contributed by atoms with Gasteiger partial charge in [0.2, 0.25) is 5.91 Å². The molecule has 0 aromatic carbocycles. The molecule has 1 saturated heterocycles. The lowest BCUT2D eigenvalue weighted by atomic mass is 9.88. The van der Waals surface area contributed by atoms with E-state index >= 15 is 0 Å². The van der Waals surface area contributed by atoms with Crippen LogP contribution in [-0.2, 0) is 4.79 Å². The van der Waals surface area contributed by atoms with E-state index in [2.05, 4.69) is 6.08 Å². The molecule has 1 heterocycles. The molecule has 0 saturated carbocycles. The van der Waals surface area contributed by atoms with E-state index in [4.69, 9.17) is 0 Å². The smallest absolute Gasteiger partial charge is 0.298 e. The Hall–Kier alpha value is -1.32. The third kappa shape index (κ3) is 1.85. The van der Waals surface area contributed by atoms with E-state index < -0.39 is 0 Å². The van der Waals surface area contributed by atoms with Crippen molar-refractivity contribution in [2.75, 3.05) is 6.54 Å². The Balaban J connectivity index is 2.39. The molecular formula is C13H20N2O2. The molecular weight excluding hydrogens is 216 g/mol. The number of amides is 3. The van der Waals surface area contributed by atoms with Crippen molar-refractivity contribution in [3.63, 3.8) is 0 Å². The lowest BCUT2D eigenvalue weighted by Gasteiger charge is -2.43. The molecule has 1 unspecified atom stereocenters. The van der Waals surface area contributed by atoms with Gasteiger partial charge in [0.1, 0.15) is 0 Å². The topological polar surface area (TPSA) is 40.6 Å². The molecule has 1 fully saturated rings. The molecule has 2 rings (SSSR count). The van der Waals surface area contributed by atoms with E-state index in [1.807, 2.05) is 20.8 Å². The van der Waals surface area contributed by atoms with Crippen molar-refractivity contribution in [3.8, 4) is 0 Å². The van der Waals surface area contributed by atoms with Crippen LogP contribution in [0.5, 0.6) is 0 Å². The Kier molecular flexibility index (Phi) is 3.22. The first-order chi connectivity index (χ1) is 8.07. The maximum atomic E-state index is 12.3.